The van der Waals surface area contributed by atoms with Crippen molar-refractivity contribution >= 4 is 17.8 Å². The summed E-state index contributed by atoms with van der Waals surface area (Å²) < 4.78 is 0. The van der Waals surface area contributed by atoms with Gasteiger partial charge in [0.15, 0.2) is 5.96 Å². The predicted molar refractivity (Wildman–Crippen MR) is 118 cm³/mol. The normalized spacial score (nSPS) is 16.6. The number of hydrogen-bond donors (Lipinski definition) is 2. The van der Waals surface area contributed by atoms with Crippen LogP contribution in [-0.4, -0.2) is 41.3 Å². The molecule has 1 aromatic rings. The molecule has 0 fully saturated rings. The Labute approximate surface area is 174 Å². The number of amides is 2. The third-order valence-electron chi connectivity index (χ3n) is 5.69. The molecule has 1 heterocycles. The molecule has 6 heteroatoms. The molecule has 160 valence electrons. The Bertz CT molecular complexity index is 694. The number of carbonyl (C=O) groups is 2. The van der Waals surface area contributed by atoms with E-state index in [1.54, 1.807) is 4.90 Å². The van der Waals surface area contributed by atoms with Gasteiger partial charge in [0.25, 0.3) is 5.91 Å². The van der Waals surface area contributed by atoms with E-state index in [1.165, 1.54) is 0 Å². The van der Waals surface area contributed by atoms with E-state index in [2.05, 4.69) is 24.2 Å². The summed E-state index contributed by atoms with van der Waals surface area (Å²) in [6, 6.07) is 9.72. The molecular weight excluding hydrogens is 364 g/mol. The van der Waals surface area contributed by atoms with Gasteiger partial charge in [0.05, 0.1) is 5.92 Å². The molecule has 6 nitrogen and oxygen atoms in total. The van der Waals surface area contributed by atoms with E-state index in [0.717, 1.165) is 44.1 Å². The van der Waals surface area contributed by atoms with Gasteiger partial charge in [0, 0.05) is 13.1 Å². The van der Waals surface area contributed by atoms with Gasteiger partial charge >= 0.3 is 0 Å². The smallest absolute Gasteiger partial charge is 0.257 e. The van der Waals surface area contributed by atoms with E-state index < -0.39 is 5.54 Å². The quantitative estimate of drug-likeness (QED) is 0.526. The van der Waals surface area contributed by atoms with Crippen molar-refractivity contribution in [2.75, 3.05) is 13.1 Å². The first kappa shape index (κ1) is 22.9. The van der Waals surface area contributed by atoms with Crippen LogP contribution in [0.25, 0.3) is 0 Å². The molecule has 1 aliphatic rings. The van der Waals surface area contributed by atoms with Crippen LogP contribution in [0, 0.1) is 0 Å². The van der Waals surface area contributed by atoms with Gasteiger partial charge in [-0.25, -0.2) is 4.99 Å². The number of nitrogens with one attached hydrogen (secondary N) is 1. The third-order valence-corrected chi connectivity index (χ3v) is 5.69. The van der Waals surface area contributed by atoms with Gasteiger partial charge in [-0.3, -0.25) is 14.5 Å². The monoisotopic (exact) mass is 400 g/mol. The van der Waals surface area contributed by atoms with E-state index in [-0.39, 0.29) is 17.7 Å². The SMILES string of the molecule is CCCCC1(CCCC)N=C(N)N(CCCNC(=O)C(C)c2ccccc2)C1=O. The number of guanidine groups is 1. The first-order chi connectivity index (χ1) is 13.9. The lowest BCUT2D eigenvalue weighted by atomic mass is 9.87. The van der Waals surface area contributed by atoms with E-state index in [1.807, 2.05) is 37.3 Å². The highest BCUT2D eigenvalue weighted by atomic mass is 16.2. The molecule has 0 radical (unpaired) electrons. The third kappa shape index (κ3) is 5.81. The van der Waals surface area contributed by atoms with Crippen LogP contribution in [0.5, 0.6) is 0 Å². The van der Waals surface area contributed by atoms with Crippen LogP contribution in [0.4, 0.5) is 0 Å². The molecule has 1 unspecified atom stereocenters. The Kier molecular flexibility index (Phi) is 8.68. The summed E-state index contributed by atoms with van der Waals surface area (Å²) in [4.78, 5) is 31.7. The number of nitrogens with zero attached hydrogens (tertiary/aromatic N) is 2. The minimum atomic E-state index is -0.679. The Morgan fingerprint density at radius 2 is 1.76 bits per heavy atom. The van der Waals surface area contributed by atoms with Crippen molar-refractivity contribution in [3.8, 4) is 0 Å². The first-order valence-corrected chi connectivity index (χ1v) is 10.9. The van der Waals surface area contributed by atoms with Gasteiger partial charge < -0.3 is 11.1 Å². The molecule has 0 saturated heterocycles. The Morgan fingerprint density at radius 3 is 2.34 bits per heavy atom. The van der Waals surface area contributed by atoms with Crippen LogP contribution in [0.15, 0.2) is 35.3 Å². The summed E-state index contributed by atoms with van der Waals surface area (Å²) in [5.41, 5.74) is 6.44. The van der Waals surface area contributed by atoms with Crippen molar-refractivity contribution in [2.45, 2.75) is 77.2 Å². The summed E-state index contributed by atoms with van der Waals surface area (Å²) in [5, 5.41) is 2.97. The topological polar surface area (TPSA) is 87.8 Å². The second-order valence-corrected chi connectivity index (χ2v) is 7.94. The standard InChI is InChI=1S/C23H36N4O2/c1-4-6-14-23(15-7-5-2)21(29)27(22(24)26-23)17-11-16-25-20(28)18(3)19-12-9-8-10-13-19/h8-10,12-13,18H,4-7,11,14-17H2,1-3H3,(H2,24,26)(H,25,28). The van der Waals surface area contributed by atoms with Crippen LogP contribution in [0.2, 0.25) is 0 Å². The highest BCUT2D eigenvalue weighted by Crippen LogP contribution is 2.32. The van der Waals surface area contributed by atoms with Crippen molar-refractivity contribution in [3.05, 3.63) is 35.9 Å². The number of unbranched alkanes of at least 4 members (excludes halogenated alkanes) is 2. The van der Waals surface area contributed by atoms with Gasteiger partial charge in [-0.05, 0) is 31.7 Å². The van der Waals surface area contributed by atoms with E-state index in [9.17, 15) is 9.59 Å². The molecular formula is C23H36N4O2. The molecule has 1 atom stereocenters. The van der Waals surface area contributed by atoms with Crippen molar-refractivity contribution < 1.29 is 9.59 Å². The molecule has 2 rings (SSSR count). The summed E-state index contributed by atoms with van der Waals surface area (Å²) in [6.45, 7) is 7.13. The first-order valence-electron chi connectivity index (χ1n) is 10.9. The Hall–Kier alpha value is -2.37. The number of hydrogen-bond acceptors (Lipinski definition) is 4. The fourth-order valence-corrected chi connectivity index (χ4v) is 3.78. The van der Waals surface area contributed by atoms with Crippen molar-refractivity contribution in [2.24, 2.45) is 10.7 Å². The molecule has 0 bridgehead atoms. The highest BCUT2D eigenvalue weighted by Gasteiger charge is 2.46. The molecule has 0 aromatic heterocycles. The van der Waals surface area contributed by atoms with Crippen LogP contribution in [0.3, 0.4) is 0 Å². The minimum absolute atomic E-state index is 0.00849. The Morgan fingerprint density at radius 1 is 1.14 bits per heavy atom. The zero-order valence-corrected chi connectivity index (χ0v) is 18.1. The van der Waals surface area contributed by atoms with Gasteiger partial charge in [-0.2, -0.15) is 0 Å². The fraction of sp³-hybridized carbons (Fsp3) is 0.609. The summed E-state index contributed by atoms with van der Waals surface area (Å²) in [7, 11) is 0. The van der Waals surface area contributed by atoms with Crippen LogP contribution in [0.1, 0.15) is 77.2 Å². The molecule has 1 aliphatic heterocycles. The zero-order valence-electron chi connectivity index (χ0n) is 18.1. The average Bonchev–Trinajstić information content (AvgIpc) is 2.97. The summed E-state index contributed by atoms with van der Waals surface area (Å²) >= 11 is 0. The van der Waals surface area contributed by atoms with E-state index >= 15 is 0 Å². The van der Waals surface area contributed by atoms with Gasteiger partial charge in [-0.15, -0.1) is 0 Å². The number of carbonyl (C=O) groups excluding carboxylic acids is 2. The van der Waals surface area contributed by atoms with Crippen molar-refractivity contribution in [1.29, 1.82) is 0 Å². The Balaban J connectivity index is 1.86. The lowest BCUT2D eigenvalue weighted by Crippen LogP contribution is -2.45. The molecule has 0 saturated carbocycles. The largest absolute Gasteiger partial charge is 0.369 e. The molecule has 3 N–H and O–H groups in total. The van der Waals surface area contributed by atoms with Crippen molar-refractivity contribution in [3.63, 3.8) is 0 Å². The lowest BCUT2D eigenvalue weighted by molar-refractivity contribution is -0.131. The maximum atomic E-state index is 13.1. The predicted octanol–water partition coefficient (Wildman–Crippen LogP) is 3.57. The molecule has 0 aliphatic carbocycles. The summed E-state index contributed by atoms with van der Waals surface area (Å²) in [6.07, 6.45) is 6.15. The number of rotatable bonds is 12. The minimum Gasteiger partial charge on any atom is -0.369 e. The molecule has 1 aromatic carbocycles. The summed E-state index contributed by atoms with van der Waals surface area (Å²) in [5.74, 6) is 0.143. The number of aliphatic imine (C=N–C) groups is 1. The second kappa shape index (κ2) is 11.0. The average molecular weight is 401 g/mol. The lowest BCUT2D eigenvalue weighted by Gasteiger charge is -2.26. The van der Waals surface area contributed by atoms with Gasteiger partial charge in [0.2, 0.25) is 5.91 Å². The van der Waals surface area contributed by atoms with Gasteiger partial charge in [-0.1, -0.05) is 69.9 Å². The van der Waals surface area contributed by atoms with Crippen LogP contribution in [-0.2, 0) is 9.59 Å². The number of benzene rings is 1. The van der Waals surface area contributed by atoms with Gasteiger partial charge in [0.1, 0.15) is 5.54 Å². The molecule has 2 amide bonds. The van der Waals surface area contributed by atoms with E-state index in [0.29, 0.717) is 25.5 Å². The second-order valence-electron chi connectivity index (χ2n) is 7.94. The fourth-order valence-electron chi connectivity index (χ4n) is 3.78. The maximum absolute atomic E-state index is 13.1. The van der Waals surface area contributed by atoms with Crippen molar-refractivity contribution in [1.82, 2.24) is 10.2 Å². The maximum Gasteiger partial charge on any atom is 0.257 e. The molecule has 0 spiro atoms. The highest BCUT2D eigenvalue weighted by molar-refractivity contribution is 6.06. The molecule has 29 heavy (non-hydrogen) atoms. The van der Waals surface area contributed by atoms with Crippen LogP contribution < -0.4 is 11.1 Å². The number of nitrogens with two attached hydrogens (primary N) is 1. The van der Waals surface area contributed by atoms with E-state index in [4.69, 9.17) is 5.73 Å². The zero-order chi connectivity index (χ0) is 21.3. The van der Waals surface area contributed by atoms with Crippen LogP contribution >= 0.6 is 0 Å².